The van der Waals surface area contributed by atoms with Crippen LogP contribution in [0.3, 0.4) is 0 Å². The van der Waals surface area contributed by atoms with Crippen molar-refractivity contribution >= 4 is 12.3 Å². The summed E-state index contributed by atoms with van der Waals surface area (Å²) in [5.41, 5.74) is 0.209. The molecule has 0 aliphatic heterocycles. The first kappa shape index (κ1) is 16.5. The van der Waals surface area contributed by atoms with E-state index in [1.807, 2.05) is 30.3 Å². The van der Waals surface area contributed by atoms with Gasteiger partial charge in [0.2, 0.25) is 0 Å². The zero-order chi connectivity index (χ0) is 17.5. The molecule has 0 aliphatic carbocycles. The number of carbonyl (C=O) groups is 2. The Bertz CT molecular complexity index is 797. The third-order valence-corrected chi connectivity index (χ3v) is 3.96. The Hall–Kier alpha value is -3.34. The number of rotatable bonds is 6. The Labute approximate surface area is 145 Å². The number of aldehydes is 1. The van der Waals surface area contributed by atoms with E-state index in [2.05, 4.69) is 9.97 Å². The van der Waals surface area contributed by atoms with E-state index in [0.29, 0.717) is 17.4 Å². The average Bonchev–Trinajstić information content (AvgIpc) is 2.70. The summed E-state index contributed by atoms with van der Waals surface area (Å²) in [5, 5.41) is 0. The fourth-order valence-electron chi connectivity index (χ4n) is 2.63. The van der Waals surface area contributed by atoms with Crippen LogP contribution < -0.4 is 0 Å². The molecular formula is C20H16N2O3. The number of benzene rings is 1. The topological polar surface area (TPSA) is 69.2 Å². The van der Waals surface area contributed by atoms with Crippen molar-refractivity contribution in [2.45, 2.75) is 12.0 Å². The van der Waals surface area contributed by atoms with Crippen LogP contribution in [0.4, 0.5) is 0 Å². The van der Waals surface area contributed by atoms with Crippen LogP contribution in [0, 0.1) is 0 Å². The third kappa shape index (κ3) is 3.30. The minimum atomic E-state index is -1.58. The molecule has 3 rings (SSSR count). The molecule has 0 bridgehead atoms. The Morgan fingerprint density at radius 3 is 2.32 bits per heavy atom. The van der Waals surface area contributed by atoms with E-state index in [-0.39, 0.29) is 6.61 Å². The summed E-state index contributed by atoms with van der Waals surface area (Å²) in [4.78, 5) is 33.1. The van der Waals surface area contributed by atoms with Gasteiger partial charge in [0.25, 0.3) is 0 Å². The Balaban J connectivity index is 1.99. The molecule has 3 aromatic rings. The first-order valence-electron chi connectivity index (χ1n) is 7.76. The fourth-order valence-corrected chi connectivity index (χ4v) is 2.63. The molecule has 1 aromatic carbocycles. The second-order valence-corrected chi connectivity index (χ2v) is 5.47. The monoisotopic (exact) mass is 332 g/mol. The number of nitrogens with zero attached hydrogens (tertiary/aromatic N) is 2. The van der Waals surface area contributed by atoms with Crippen LogP contribution in [-0.4, -0.2) is 22.2 Å². The first-order valence-corrected chi connectivity index (χ1v) is 7.76. The van der Waals surface area contributed by atoms with Crippen LogP contribution >= 0.6 is 0 Å². The molecule has 25 heavy (non-hydrogen) atoms. The lowest BCUT2D eigenvalue weighted by Crippen LogP contribution is -2.40. The van der Waals surface area contributed by atoms with Crippen molar-refractivity contribution in [3.8, 4) is 0 Å². The molecule has 0 amide bonds. The molecule has 1 atom stereocenters. The van der Waals surface area contributed by atoms with E-state index in [1.165, 1.54) is 18.6 Å². The summed E-state index contributed by atoms with van der Waals surface area (Å²) in [6.45, 7) is 0.0839. The highest BCUT2D eigenvalue weighted by molar-refractivity contribution is 6.04. The van der Waals surface area contributed by atoms with Crippen molar-refractivity contribution in [1.29, 1.82) is 0 Å². The zero-order valence-corrected chi connectivity index (χ0v) is 13.4. The summed E-state index contributed by atoms with van der Waals surface area (Å²) in [5.74, 6) is -0.648. The van der Waals surface area contributed by atoms with Gasteiger partial charge in [-0.3, -0.25) is 14.8 Å². The predicted octanol–water partition coefficient (Wildman–Crippen LogP) is 2.71. The number of ether oxygens (including phenoxy) is 1. The number of hydrogen-bond donors (Lipinski definition) is 0. The summed E-state index contributed by atoms with van der Waals surface area (Å²) in [7, 11) is 0. The summed E-state index contributed by atoms with van der Waals surface area (Å²) in [6.07, 6.45) is 6.76. The van der Waals surface area contributed by atoms with Gasteiger partial charge in [-0.2, -0.15) is 0 Å². The minimum absolute atomic E-state index is 0.0839. The molecular weight excluding hydrogens is 316 g/mol. The molecule has 1 unspecified atom stereocenters. The van der Waals surface area contributed by atoms with Crippen molar-refractivity contribution in [2.75, 3.05) is 0 Å². The highest BCUT2D eigenvalue weighted by Gasteiger charge is 2.44. The molecule has 124 valence electrons. The molecule has 0 spiro atoms. The fraction of sp³-hybridized carbons (Fsp3) is 0.100. The maximum atomic E-state index is 13.0. The highest BCUT2D eigenvalue weighted by Crippen LogP contribution is 2.31. The first-order chi connectivity index (χ1) is 12.3. The molecule has 2 heterocycles. The van der Waals surface area contributed by atoms with Gasteiger partial charge in [0.05, 0.1) is 0 Å². The number of esters is 1. The van der Waals surface area contributed by atoms with E-state index in [1.54, 1.807) is 30.5 Å². The van der Waals surface area contributed by atoms with Crippen LogP contribution in [0.2, 0.25) is 0 Å². The van der Waals surface area contributed by atoms with Crippen LogP contribution in [0.15, 0.2) is 79.4 Å². The van der Waals surface area contributed by atoms with Crippen molar-refractivity contribution < 1.29 is 14.3 Å². The summed E-state index contributed by atoms with van der Waals surface area (Å²) >= 11 is 0. The maximum absolute atomic E-state index is 13.0. The minimum Gasteiger partial charge on any atom is -0.460 e. The summed E-state index contributed by atoms with van der Waals surface area (Å²) in [6, 6.07) is 15.9. The number of aromatic nitrogens is 2. The second-order valence-electron chi connectivity index (χ2n) is 5.47. The van der Waals surface area contributed by atoms with E-state index >= 15 is 0 Å². The lowest BCUT2D eigenvalue weighted by molar-refractivity contribution is -0.151. The van der Waals surface area contributed by atoms with Gasteiger partial charge in [-0.1, -0.05) is 36.4 Å². The van der Waals surface area contributed by atoms with Gasteiger partial charge in [0.15, 0.2) is 5.41 Å². The molecule has 0 fully saturated rings. The SMILES string of the molecule is O=CC(C(=O)OCc1ccccc1)(c1ccncc1)c1cccnc1. The smallest absolute Gasteiger partial charge is 0.328 e. The van der Waals surface area contributed by atoms with Crippen molar-refractivity contribution in [1.82, 2.24) is 9.97 Å². The van der Waals surface area contributed by atoms with Crippen LogP contribution in [-0.2, 0) is 26.3 Å². The van der Waals surface area contributed by atoms with Crippen molar-refractivity contribution in [2.24, 2.45) is 0 Å². The number of hydrogen-bond acceptors (Lipinski definition) is 5. The molecule has 5 heteroatoms. The third-order valence-electron chi connectivity index (χ3n) is 3.96. The van der Waals surface area contributed by atoms with Gasteiger partial charge in [-0.25, -0.2) is 0 Å². The number of pyridine rings is 2. The lowest BCUT2D eigenvalue weighted by atomic mass is 9.76. The van der Waals surface area contributed by atoms with E-state index in [9.17, 15) is 9.59 Å². The Morgan fingerprint density at radius 1 is 0.920 bits per heavy atom. The number of carbonyl (C=O) groups excluding carboxylic acids is 2. The summed E-state index contributed by atoms with van der Waals surface area (Å²) < 4.78 is 5.47. The lowest BCUT2D eigenvalue weighted by Gasteiger charge is -2.26. The molecule has 0 aliphatic rings. The molecule has 0 N–H and O–H groups in total. The molecule has 0 radical (unpaired) electrons. The van der Waals surface area contributed by atoms with Gasteiger partial charge in [0, 0.05) is 24.8 Å². The van der Waals surface area contributed by atoms with Gasteiger partial charge >= 0.3 is 5.97 Å². The highest BCUT2D eigenvalue weighted by atomic mass is 16.5. The quantitative estimate of drug-likeness (QED) is 0.394. The Morgan fingerprint density at radius 2 is 1.68 bits per heavy atom. The molecule has 0 saturated carbocycles. The second kappa shape index (κ2) is 7.49. The van der Waals surface area contributed by atoms with Crippen LogP contribution in [0.5, 0.6) is 0 Å². The predicted molar refractivity (Wildman–Crippen MR) is 91.6 cm³/mol. The van der Waals surface area contributed by atoms with Gasteiger partial charge in [-0.15, -0.1) is 0 Å². The maximum Gasteiger partial charge on any atom is 0.328 e. The van der Waals surface area contributed by atoms with E-state index in [4.69, 9.17) is 4.74 Å². The van der Waals surface area contributed by atoms with Gasteiger partial charge in [-0.05, 0) is 34.9 Å². The van der Waals surface area contributed by atoms with E-state index in [0.717, 1.165) is 5.56 Å². The van der Waals surface area contributed by atoms with Crippen LogP contribution in [0.25, 0.3) is 0 Å². The van der Waals surface area contributed by atoms with E-state index < -0.39 is 11.4 Å². The Kier molecular flexibility index (Phi) is 4.95. The molecule has 5 nitrogen and oxygen atoms in total. The van der Waals surface area contributed by atoms with Gasteiger partial charge in [0.1, 0.15) is 12.9 Å². The average molecular weight is 332 g/mol. The van der Waals surface area contributed by atoms with Crippen molar-refractivity contribution in [3.05, 3.63) is 96.1 Å². The van der Waals surface area contributed by atoms with Crippen molar-refractivity contribution in [3.63, 3.8) is 0 Å². The van der Waals surface area contributed by atoms with Gasteiger partial charge < -0.3 is 9.53 Å². The van der Waals surface area contributed by atoms with Crippen LogP contribution in [0.1, 0.15) is 16.7 Å². The normalized spacial score (nSPS) is 12.8. The largest absolute Gasteiger partial charge is 0.460 e. The zero-order valence-electron chi connectivity index (χ0n) is 13.4. The molecule has 0 saturated heterocycles. The standard InChI is InChI=1S/C20H16N2O3/c23-15-20(17-8-11-21-12-9-17,18-7-4-10-22-13-18)19(24)25-14-16-5-2-1-3-6-16/h1-13,15H,14H2. The molecule has 2 aromatic heterocycles.